The van der Waals surface area contributed by atoms with Crippen LogP contribution in [0.15, 0.2) is 24.3 Å². The highest BCUT2D eigenvalue weighted by Crippen LogP contribution is 2.43. The minimum Gasteiger partial charge on any atom is -0.373 e. The molecule has 1 aromatic rings. The normalized spacial score (nSPS) is 19.5. The van der Waals surface area contributed by atoms with Crippen molar-refractivity contribution in [2.24, 2.45) is 0 Å². The van der Waals surface area contributed by atoms with Crippen LogP contribution in [0.25, 0.3) is 0 Å². The van der Waals surface area contributed by atoms with Crippen LogP contribution in [0.4, 0.5) is 0 Å². The Morgan fingerprint density at radius 3 is 2.63 bits per heavy atom. The van der Waals surface area contributed by atoms with Gasteiger partial charge >= 0.3 is 0 Å². The lowest BCUT2D eigenvalue weighted by atomic mass is 9.86. The third-order valence-electron chi connectivity index (χ3n) is 4.00. The second-order valence-corrected chi connectivity index (χ2v) is 5.69. The third-order valence-corrected chi connectivity index (χ3v) is 4.23. The van der Waals surface area contributed by atoms with Crippen LogP contribution in [0.3, 0.4) is 0 Å². The number of benzene rings is 1. The molecule has 1 atom stereocenters. The molecule has 19 heavy (non-hydrogen) atoms. The summed E-state index contributed by atoms with van der Waals surface area (Å²) in [6, 6.07) is 8.40. The average molecular weight is 282 g/mol. The summed E-state index contributed by atoms with van der Waals surface area (Å²) in [4.78, 5) is 0. The largest absolute Gasteiger partial charge is 0.373 e. The van der Waals surface area contributed by atoms with Gasteiger partial charge in [0.2, 0.25) is 0 Å². The van der Waals surface area contributed by atoms with Gasteiger partial charge in [0.25, 0.3) is 0 Å². The molecule has 1 N–H and O–H groups in total. The second kappa shape index (κ2) is 6.74. The third kappa shape index (κ3) is 3.31. The summed E-state index contributed by atoms with van der Waals surface area (Å²) in [6.07, 6.45) is 4.76. The number of halogens is 1. The predicted molar refractivity (Wildman–Crippen MR) is 80.7 cm³/mol. The first-order chi connectivity index (χ1) is 9.22. The van der Waals surface area contributed by atoms with Crippen LogP contribution in [-0.4, -0.2) is 18.8 Å². The lowest BCUT2D eigenvalue weighted by Crippen LogP contribution is -2.44. The summed E-state index contributed by atoms with van der Waals surface area (Å²) in [5.74, 6) is 0. The Kier molecular flexibility index (Phi) is 5.26. The van der Waals surface area contributed by atoms with Gasteiger partial charge in [-0.15, -0.1) is 0 Å². The van der Waals surface area contributed by atoms with Gasteiger partial charge < -0.3 is 10.1 Å². The molecule has 0 radical (unpaired) electrons. The standard InChI is InChI=1S/C16H24ClNO/c1-3-18-15(13-8-7-9-14(17)12-13)16(19-4-2)10-5-6-11-16/h7-9,12,15,18H,3-6,10-11H2,1-2H3. The lowest BCUT2D eigenvalue weighted by molar-refractivity contribution is -0.0623. The Labute approximate surface area is 121 Å². The highest BCUT2D eigenvalue weighted by atomic mass is 35.5. The molecule has 1 saturated carbocycles. The fraction of sp³-hybridized carbons (Fsp3) is 0.625. The Hall–Kier alpha value is -0.570. The van der Waals surface area contributed by atoms with Gasteiger partial charge in [0, 0.05) is 11.6 Å². The lowest BCUT2D eigenvalue weighted by Gasteiger charge is -2.38. The van der Waals surface area contributed by atoms with Crippen molar-refractivity contribution in [2.45, 2.75) is 51.2 Å². The van der Waals surface area contributed by atoms with E-state index in [1.54, 1.807) is 0 Å². The molecule has 3 heteroatoms. The summed E-state index contributed by atoms with van der Waals surface area (Å²) < 4.78 is 6.19. The minimum atomic E-state index is -0.0601. The van der Waals surface area contributed by atoms with E-state index in [2.05, 4.69) is 31.3 Å². The van der Waals surface area contributed by atoms with E-state index in [1.165, 1.54) is 18.4 Å². The van der Waals surface area contributed by atoms with E-state index in [0.717, 1.165) is 31.0 Å². The van der Waals surface area contributed by atoms with E-state index < -0.39 is 0 Å². The van der Waals surface area contributed by atoms with Gasteiger partial charge in [-0.05, 0) is 44.0 Å². The summed E-state index contributed by atoms with van der Waals surface area (Å²) in [6.45, 7) is 5.93. The molecular weight excluding hydrogens is 258 g/mol. The Balaban J connectivity index is 2.32. The van der Waals surface area contributed by atoms with Crippen molar-refractivity contribution in [3.8, 4) is 0 Å². The quantitative estimate of drug-likeness (QED) is 0.837. The molecule has 106 valence electrons. The number of rotatable bonds is 6. The number of hydrogen-bond donors (Lipinski definition) is 1. The van der Waals surface area contributed by atoms with Gasteiger partial charge in [-0.2, -0.15) is 0 Å². The van der Waals surface area contributed by atoms with E-state index in [9.17, 15) is 0 Å². The van der Waals surface area contributed by atoms with Crippen LogP contribution in [0.2, 0.25) is 5.02 Å². The molecule has 2 nitrogen and oxygen atoms in total. The van der Waals surface area contributed by atoms with Gasteiger partial charge in [-0.3, -0.25) is 0 Å². The highest BCUT2D eigenvalue weighted by molar-refractivity contribution is 6.30. The van der Waals surface area contributed by atoms with Crippen LogP contribution in [0.5, 0.6) is 0 Å². The van der Waals surface area contributed by atoms with E-state index in [0.29, 0.717) is 0 Å². The van der Waals surface area contributed by atoms with Crippen molar-refractivity contribution in [3.63, 3.8) is 0 Å². The number of ether oxygens (including phenoxy) is 1. The molecule has 1 unspecified atom stereocenters. The van der Waals surface area contributed by atoms with Crippen molar-refractivity contribution in [1.82, 2.24) is 5.32 Å². The second-order valence-electron chi connectivity index (χ2n) is 5.25. The van der Waals surface area contributed by atoms with Gasteiger partial charge in [0.1, 0.15) is 0 Å². The zero-order valence-electron chi connectivity index (χ0n) is 11.9. The average Bonchev–Trinajstić information content (AvgIpc) is 2.86. The highest BCUT2D eigenvalue weighted by Gasteiger charge is 2.42. The van der Waals surface area contributed by atoms with E-state index in [-0.39, 0.29) is 11.6 Å². The maximum Gasteiger partial charge on any atom is 0.0876 e. The molecular formula is C16H24ClNO. The summed E-state index contributed by atoms with van der Waals surface area (Å²) >= 11 is 6.15. The number of likely N-dealkylation sites (N-methyl/N-ethyl adjacent to an activating group) is 1. The molecule has 2 rings (SSSR count). The van der Waals surface area contributed by atoms with Crippen LogP contribution in [0.1, 0.15) is 51.1 Å². The molecule has 0 heterocycles. The van der Waals surface area contributed by atoms with E-state index >= 15 is 0 Å². The van der Waals surface area contributed by atoms with Crippen molar-refractivity contribution in [3.05, 3.63) is 34.9 Å². The molecule has 1 aliphatic rings. The molecule has 0 spiro atoms. The monoisotopic (exact) mass is 281 g/mol. The molecule has 0 bridgehead atoms. The number of nitrogens with one attached hydrogen (secondary N) is 1. The van der Waals surface area contributed by atoms with Gasteiger partial charge in [-0.1, -0.05) is 43.5 Å². The first-order valence-electron chi connectivity index (χ1n) is 7.34. The zero-order valence-corrected chi connectivity index (χ0v) is 12.7. The maximum atomic E-state index is 6.19. The predicted octanol–water partition coefficient (Wildman–Crippen LogP) is 4.34. The van der Waals surface area contributed by atoms with Gasteiger partial charge in [-0.25, -0.2) is 0 Å². The van der Waals surface area contributed by atoms with E-state index in [1.807, 2.05) is 12.1 Å². The summed E-state index contributed by atoms with van der Waals surface area (Å²) in [5, 5.41) is 4.41. The molecule has 1 fully saturated rings. The smallest absolute Gasteiger partial charge is 0.0876 e. The van der Waals surface area contributed by atoms with Crippen molar-refractivity contribution in [2.75, 3.05) is 13.2 Å². The van der Waals surface area contributed by atoms with Crippen LogP contribution in [0, 0.1) is 0 Å². The van der Waals surface area contributed by atoms with Crippen LogP contribution in [-0.2, 0) is 4.74 Å². The van der Waals surface area contributed by atoms with Crippen molar-refractivity contribution in [1.29, 1.82) is 0 Å². The summed E-state index contributed by atoms with van der Waals surface area (Å²) in [7, 11) is 0. The topological polar surface area (TPSA) is 21.3 Å². The minimum absolute atomic E-state index is 0.0601. The Morgan fingerprint density at radius 1 is 1.32 bits per heavy atom. The first kappa shape index (κ1) is 14.8. The van der Waals surface area contributed by atoms with Gasteiger partial charge in [0.05, 0.1) is 11.6 Å². The zero-order chi connectivity index (χ0) is 13.7. The SMILES string of the molecule is CCNC(c1cccc(Cl)c1)C1(OCC)CCCC1. The van der Waals surface area contributed by atoms with Crippen molar-refractivity contribution < 1.29 is 4.74 Å². The molecule has 1 aliphatic carbocycles. The van der Waals surface area contributed by atoms with Gasteiger partial charge in [0.15, 0.2) is 0 Å². The molecule has 0 amide bonds. The Bertz CT molecular complexity index is 401. The van der Waals surface area contributed by atoms with E-state index in [4.69, 9.17) is 16.3 Å². The van der Waals surface area contributed by atoms with Crippen molar-refractivity contribution >= 4 is 11.6 Å². The summed E-state index contributed by atoms with van der Waals surface area (Å²) in [5.41, 5.74) is 1.18. The fourth-order valence-electron chi connectivity index (χ4n) is 3.28. The Morgan fingerprint density at radius 2 is 2.05 bits per heavy atom. The maximum absolute atomic E-state index is 6.19. The number of hydrogen-bond acceptors (Lipinski definition) is 2. The fourth-order valence-corrected chi connectivity index (χ4v) is 3.47. The first-order valence-corrected chi connectivity index (χ1v) is 7.72. The van der Waals surface area contributed by atoms with Crippen LogP contribution >= 0.6 is 11.6 Å². The molecule has 0 saturated heterocycles. The molecule has 1 aromatic carbocycles. The molecule has 0 aromatic heterocycles. The van der Waals surface area contributed by atoms with Crippen LogP contribution < -0.4 is 5.32 Å². The molecule has 0 aliphatic heterocycles.